The number of hydrogen-bond donors (Lipinski definition) is 1. The van der Waals surface area contributed by atoms with E-state index in [0.29, 0.717) is 6.04 Å². The normalized spacial score (nSPS) is 29.0. The zero-order chi connectivity index (χ0) is 11.6. The summed E-state index contributed by atoms with van der Waals surface area (Å²) in [7, 11) is 1.91. The Kier molecular flexibility index (Phi) is 3.50. The second-order valence-electron chi connectivity index (χ2n) is 5.06. The van der Waals surface area contributed by atoms with Crippen molar-refractivity contribution in [3.05, 3.63) is 0 Å². The van der Waals surface area contributed by atoms with Gasteiger partial charge in [0.2, 0.25) is 5.91 Å². The molecule has 1 amide bonds. The molecule has 92 valence electrons. The van der Waals surface area contributed by atoms with Crippen LogP contribution < -0.4 is 5.32 Å². The van der Waals surface area contributed by atoms with Gasteiger partial charge in [0.1, 0.15) is 0 Å². The molecule has 0 bridgehead atoms. The Morgan fingerprint density at radius 1 is 1.44 bits per heavy atom. The summed E-state index contributed by atoms with van der Waals surface area (Å²) in [5.41, 5.74) is 0.0396. The standard InChI is InChI=1S/C12H22N2O2/c1-10(15)14(2)11-3-8-16-12(9-11)4-6-13-7-5-12/h11,13H,3-9H2,1-2H3/t11-/m1/s1. The Labute approximate surface area is 97.3 Å². The minimum Gasteiger partial charge on any atom is -0.375 e. The van der Waals surface area contributed by atoms with Gasteiger partial charge in [-0.2, -0.15) is 0 Å². The van der Waals surface area contributed by atoms with E-state index in [9.17, 15) is 4.79 Å². The summed E-state index contributed by atoms with van der Waals surface area (Å²) in [5, 5.41) is 3.36. The van der Waals surface area contributed by atoms with Gasteiger partial charge in [0.15, 0.2) is 0 Å². The zero-order valence-electron chi connectivity index (χ0n) is 10.3. The van der Waals surface area contributed by atoms with E-state index in [-0.39, 0.29) is 11.5 Å². The highest BCUT2D eigenvalue weighted by molar-refractivity contribution is 5.73. The van der Waals surface area contributed by atoms with Gasteiger partial charge in [0.05, 0.1) is 5.60 Å². The number of nitrogens with one attached hydrogen (secondary N) is 1. The second kappa shape index (κ2) is 4.72. The molecule has 0 aromatic carbocycles. The largest absolute Gasteiger partial charge is 0.375 e. The van der Waals surface area contributed by atoms with E-state index < -0.39 is 0 Å². The predicted octanol–water partition coefficient (Wildman–Crippen LogP) is 0.766. The fourth-order valence-electron chi connectivity index (χ4n) is 2.82. The lowest BCUT2D eigenvalue weighted by atomic mass is 9.82. The highest BCUT2D eigenvalue weighted by Crippen LogP contribution is 2.34. The molecule has 16 heavy (non-hydrogen) atoms. The number of carbonyl (C=O) groups is 1. The molecule has 4 nitrogen and oxygen atoms in total. The van der Waals surface area contributed by atoms with Crippen LogP contribution in [0, 0.1) is 0 Å². The second-order valence-corrected chi connectivity index (χ2v) is 5.06. The van der Waals surface area contributed by atoms with Gasteiger partial charge in [0, 0.05) is 26.6 Å². The van der Waals surface area contributed by atoms with Gasteiger partial charge < -0.3 is 15.0 Å². The van der Waals surface area contributed by atoms with Gasteiger partial charge in [0.25, 0.3) is 0 Å². The molecule has 1 atom stereocenters. The van der Waals surface area contributed by atoms with Gasteiger partial charge in [-0.3, -0.25) is 4.79 Å². The molecule has 0 radical (unpaired) electrons. The first-order valence-corrected chi connectivity index (χ1v) is 6.21. The van der Waals surface area contributed by atoms with Crippen molar-refractivity contribution in [3.63, 3.8) is 0 Å². The third-order valence-corrected chi connectivity index (χ3v) is 4.03. The average Bonchev–Trinajstić information content (AvgIpc) is 2.29. The summed E-state index contributed by atoms with van der Waals surface area (Å²) in [6, 6.07) is 0.365. The van der Waals surface area contributed by atoms with Crippen LogP contribution in [0.5, 0.6) is 0 Å². The minimum absolute atomic E-state index is 0.0396. The maximum Gasteiger partial charge on any atom is 0.219 e. The maximum absolute atomic E-state index is 11.4. The third-order valence-electron chi connectivity index (χ3n) is 4.03. The summed E-state index contributed by atoms with van der Waals surface area (Å²) in [6.07, 6.45) is 4.14. The minimum atomic E-state index is 0.0396. The Morgan fingerprint density at radius 2 is 2.12 bits per heavy atom. The summed E-state index contributed by atoms with van der Waals surface area (Å²) < 4.78 is 5.99. The van der Waals surface area contributed by atoms with Gasteiger partial charge in [-0.15, -0.1) is 0 Å². The molecule has 2 rings (SSSR count). The van der Waals surface area contributed by atoms with Crippen molar-refractivity contribution in [3.8, 4) is 0 Å². The van der Waals surface area contributed by atoms with Crippen molar-refractivity contribution in [2.75, 3.05) is 26.7 Å². The molecule has 1 spiro atoms. The number of carbonyl (C=O) groups excluding carboxylic acids is 1. The van der Waals surface area contributed by atoms with Crippen LogP contribution in [0.15, 0.2) is 0 Å². The fourth-order valence-corrected chi connectivity index (χ4v) is 2.82. The number of nitrogens with zero attached hydrogens (tertiary/aromatic N) is 1. The van der Waals surface area contributed by atoms with Crippen LogP contribution >= 0.6 is 0 Å². The molecular weight excluding hydrogens is 204 g/mol. The summed E-state index contributed by atoms with van der Waals surface area (Å²) >= 11 is 0. The van der Waals surface area contributed by atoms with E-state index in [1.54, 1.807) is 6.92 Å². The molecule has 1 N–H and O–H groups in total. The molecule has 0 unspecified atom stereocenters. The quantitative estimate of drug-likeness (QED) is 0.718. The predicted molar refractivity (Wildman–Crippen MR) is 62.3 cm³/mol. The van der Waals surface area contributed by atoms with Crippen molar-refractivity contribution >= 4 is 5.91 Å². The number of rotatable bonds is 1. The Balaban J connectivity index is 2.00. The molecule has 0 saturated carbocycles. The Morgan fingerprint density at radius 3 is 2.75 bits per heavy atom. The summed E-state index contributed by atoms with van der Waals surface area (Å²) in [6.45, 7) is 4.51. The lowest BCUT2D eigenvalue weighted by Gasteiger charge is -2.45. The third kappa shape index (κ3) is 2.38. The average molecular weight is 226 g/mol. The van der Waals surface area contributed by atoms with E-state index in [1.807, 2.05) is 11.9 Å². The first-order valence-electron chi connectivity index (χ1n) is 6.21. The molecule has 2 aliphatic rings. The monoisotopic (exact) mass is 226 g/mol. The molecule has 2 aliphatic heterocycles. The molecule has 2 saturated heterocycles. The van der Waals surface area contributed by atoms with E-state index >= 15 is 0 Å². The molecule has 0 aromatic heterocycles. The van der Waals surface area contributed by atoms with Gasteiger partial charge >= 0.3 is 0 Å². The van der Waals surface area contributed by atoms with Gasteiger partial charge in [-0.25, -0.2) is 0 Å². The van der Waals surface area contributed by atoms with Crippen molar-refractivity contribution in [2.45, 2.75) is 44.2 Å². The smallest absolute Gasteiger partial charge is 0.219 e. The van der Waals surface area contributed by atoms with Crippen LogP contribution in [0.2, 0.25) is 0 Å². The number of hydrogen-bond acceptors (Lipinski definition) is 3. The fraction of sp³-hybridized carbons (Fsp3) is 0.917. The molecule has 0 aromatic rings. The highest BCUT2D eigenvalue weighted by Gasteiger charge is 2.40. The highest BCUT2D eigenvalue weighted by atomic mass is 16.5. The van der Waals surface area contributed by atoms with Crippen LogP contribution in [-0.2, 0) is 9.53 Å². The SMILES string of the molecule is CC(=O)N(C)[C@@H]1CCOC2(CCNCC2)C1. The summed E-state index contributed by atoms with van der Waals surface area (Å²) in [5.74, 6) is 0.163. The van der Waals surface area contributed by atoms with Crippen LogP contribution in [0.3, 0.4) is 0 Å². The molecule has 4 heteroatoms. The van der Waals surface area contributed by atoms with Gasteiger partial charge in [-0.05, 0) is 38.8 Å². The number of ether oxygens (including phenoxy) is 1. The molecule has 2 fully saturated rings. The number of piperidine rings is 1. The maximum atomic E-state index is 11.4. The Bertz CT molecular complexity index is 256. The molecule has 0 aliphatic carbocycles. The van der Waals surface area contributed by atoms with Crippen LogP contribution in [-0.4, -0.2) is 49.2 Å². The van der Waals surface area contributed by atoms with E-state index in [2.05, 4.69) is 5.32 Å². The van der Waals surface area contributed by atoms with Crippen LogP contribution in [0.25, 0.3) is 0 Å². The lowest BCUT2D eigenvalue weighted by Crippen LogP contribution is -2.53. The first kappa shape index (κ1) is 11.9. The zero-order valence-corrected chi connectivity index (χ0v) is 10.3. The van der Waals surface area contributed by atoms with Crippen LogP contribution in [0.1, 0.15) is 32.6 Å². The van der Waals surface area contributed by atoms with Crippen molar-refractivity contribution in [1.29, 1.82) is 0 Å². The van der Waals surface area contributed by atoms with E-state index in [0.717, 1.165) is 45.4 Å². The number of amides is 1. The van der Waals surface area contributed by atoms with Crippen molar-refractivity contribution < 1.29 is 9.53 Å². The summed E-state index contributed by atoms with van der Waals surface area (Å²) in [4.78, 5) is 13.3. The topological polar surface area (TPSA) is 41.6 Å². The lowest BCUT2D eigenvalue weighted by molar-refractivity contribution is -0.142. The van der Waals surface area contributed by atoms with Crippen molar-refractivity contribution in [1.82, 2.24) is 10.2 Å². The van der Waals surface area contributed by atoms with E-state index in [1.165, 1.54) is 0 Å². The molecular formula is C12H22N2O2. The Hall–Kier alpha value is -0.610. The first-order chi connectivity index (χ1) is 7.63. The van der Waals surface area contributed by atoms with Crippen LogP contribution in [0.4, 0.5) is 0 Å². The molecule has 2 heterocycles. The van der Waals surface area contributed by atoms with Gasteiger partial charge in [-0.1, -0.05) is 0 Å². The van der Waals surface area contributed by atoms with Crippen molar-refractivity contribution in [2.24, 2.45) is 0 Å². The van der Waals surface area contributed by atoms with E-state index in [4.69, 9.17) is 4.74 Å².